The Kier molecular flexibility index (Phi) is 12.7. The molecule has 0 spiro atoms. The van der Waals surface area contributed by atoms with Gasteiger partial charge in [0.15, 0.2) is 0 Å². The fourth-order valence-electron chi connectivity index (χ4n) is 7.36. The number of urea groups is 2. The van der Waals surface area contributed by atoms with Crippen LogP contribution >= 0.6 is 31.9 Å². The number of fused-ring (bicyclic) bond motifs is 1. The summed E-state index contributed by atoms with van der Waals surface area (Å²) >= 11 is 7.07. The molecule has 11 nitrogen and oxygen atoms in total. The van der Waals surface area contributed by atoms with Crippen molar-refractivity contribution in [1.29, 1.82) is 0 Å². The molecular formula is C39H50Br2N8O3. The van der Waals surface area contributed by atoms with E-state index >= 15 is 0 Å². The van der Waals surface area contributed by atoms with Gasteiger partial charge in [0.25, 0.3) is 0 Å². The SMILES string of the molecule is CN(C)CCCCc1ccc(N2CCN(C(=O)[C@H](Cc3cc(Br)c(N)c(Br)c3)NC(=O)N3CCC(N4Cc5ccccc5NC4=O)CC3)CC2)cc1. The highest BCUT2D eigenvalue weighted by molar-refractivity contribution is 9.11. The maximum absolute atomic E-state index is 14.2. The molecule has 5 amide bonds. The number of anilines is 3. The molecule has 3 aromatic carbocycles. The fourth-order valence-corrected chi connectivity index (χ4v) is 8.65. The summed E-state index contributed by atoms with van der Waals surface area (Å²) in [7, 11) is 4.22. The highest BCUT2D eigenvalue weighted by atomic mass is 79.9. The number of benzene rings is 3. The zero-order valence-corrected chi connectivity index (χ0v) is 33.3. The average Bonchev–Trinajstić information content (AvgIpc) is 3.15. The Hall–Kier alpha value is -3.81. The molecule has 2 fully saturated rings. The highest BCUT2D eigenvalue weighted by Gasteiger charge is 2.35. The van der Waals surface area contributed by atoms with E-state index in [1.54, 1.807) is 4.90 Å². The number of nitrogen functional groups attached to an aromatic ring is 1. The Labute approximate surface area is 324 Å². The zero-order chi connectivity index (χ0) is 36.8. The molecule has 13 heteroatoms. The van der Waals surface area contributed by atoms with E-state index in [0.29, 0.717) is 57.7 Å². The Balaban J connectivity index is 1.06. The largest absolute Gasteiger partial charge is 0.397 e. The number of nitrogens with zero attached hydrogens (tertiary/aromatic N) is 5. The highest BCUT2D eigenvalue weighted by Crippen LogP contribution is 2.31. The second-order valence-electron chi connectivity index (χ2n) is 14.4. The van der Waals surface area contributed by atoms with Crippen molar-refractivity contribution in [1.82, 2.24) is 24.9 Å². The van der Waals surface area contributed by atoms with E-state index in [9.17, 15) is 14.4 Å². The van der Waals surface area contributed by atoms with Crippen molar-refractivity contribution in [3.05, 3.63) is 86.3 Å². The number of carbonyl (C=O) groups is 3. The van der Waals surface area contributed by atoms with E-state index in [1.807, 2.05) is 46.2 Å². The summed E-state index contributed by atoms with van der Waals surface area (Å²) in [5.74, 6) is -0.0938. The molecule has 3 aliphatic rings. The van der Waals surface area contributed by atoms with Gasteiger partial charge in [-0.15, -0.1) is 0 Å². The second-order valence-corrected chi connectivity index (χ2v) is 16.1. The number of nitrogens with two attached hydrogens (primary N) is 1. The van der Waals surface area contributed by atoms with Crippen LogP contribution in [0.2, 0.25) is 0 Å². The van der Waals surface area contributed by atoms with Crippen LogP contribution in [-0.4, -0.2) is 110 Å². The summed E-state index contributed by atoms with van der Waals surface area (Å²) in [6.07, 6.45) is 5.09. The van der Waals surface area contributed by atoms with Gasteiger partial charge in [0.1, 0.15) is 6.04 Å². The molecule has 52 heavy (non-hydrogen) atoms. The Bertz CT molecular complexity index is 1700. The number of likely N-dealkylation sites (tertiary alicyclic amines) is 1. The van der Waals surface area contributed by atoms with Gasteiger partial charge in [-0.1, -0.05) is 30.3 Å². The number of halogens is 2. The first-order valence-electron chi connectivity index (χ1n) is 18.3. The van der Waals surface area contributed by atoms with Crippen molar-refractivity contribution in [2.24, 2.45) is 0 Å². The lowest BCUT2D eigenvalue weighted by molar-refractivity contribution is -0.133. The molecule has 0 saturated carbocycles. The van der Waals surface area contributed by atoms with E-state index in [1.165, 1.54) is 24.1 Å². The van der Waals surface area contributed by atoms with Crippen molar-refractivity contribution in [2.45, 2.75) is 57.2 Å². The molecule has 6 rings (SSSR count). The third kappa shape index (κ3) is 9.40. The molecule has 0 bridgehead atoms. The third-order valence-electron chi connectivity index (χ3n) is 10.4. The minimum absolute atomic E-state index is 0.0277. The molecule has 0 unspecified atom stereocenters. The molecule has 0 radical (unpaired) electrons. The maximum atomic E-state index is 14.2. The minimum atomic E-state index is -0.754. The predicted molar refractivity (Wildman–Crippen MR) is 215 cm³/mol. The van der Waals surface area contributed by atoms with Gasteiger partial charge < -0.3 is 40.9 Å². The summed E-state index contributed by atoms with van der Waals surface area (Å²) in [6, 6.07) is 19.4. The van der Waals surface area contributed by atoms with Crippen molar-refractivity contribution in [3.63, 3.8) is 0 Å². The number of rotatable bonds is 11. The molecular weight excluding hydrogens is 788 g/mol. The molecule has 1 atom stereocenters. The molecule has 278 valence electrons. The first-order chi connectivity index (χ1) is 25.0. The molecule has 3 aliphatic heterocycles. The van der Waals surface area contributed by atoms with Crippen LogP contribution < -0.4 is 21.3 Å². The molecule has 3 heterocycles. The summed E-state index contributed by atoms with van der Waals surface area (Å²) in [6.45, 7) is 5.22. The molecule has 3 aromatic rings. The minimum Gasteiger partial charge on any atom is -0.397 e. The van der Waals surface area contributed by atoms with Gasteiger partial charge in [-0.25, -0.2) is 9.59 Å². The van der Waals surface area contributed by atoms with E-state index in [2.05, 4.69) is 90.7 Å². The third-order valence-corrected chi connectivity index (χ3v) is 11.8. The van der Waals surface area contributed by atoms with Gasteiger partial charge in [-0.05, 0) is 132 Å². The van der Waals surface area contributed by atoms with Crippen LogP contribution in [0.5, 0.6) is 0 Å². The molecule has 4 N–H and O–H groups in total. The lowest BCUT2D eigenvalue weighted by Crippen LogP contribution is -2.58. The topological polar surface area (TPSA) is 117 Å². The predicted octanol–water partition coefficient (Wildman–Crippen LogP) is 6.16. The van der Waals surface area contributed by atoms with Crippen LogP contribution in [0.4, 0.5) is 26.7 Å². The lowest BCUT2D eigenvalue weighted by Gasteiger charge is -2.41. The number of aryl methyl sites for hydroxylation is 1. The van der Waals surface area contributed by atoms with E-state index in [-0.39, 0.29) is 24.0 Å². The quantitative estimate of drug-likeness (QED) is 0.158. The summed E-state index contributed by atoms with van der Waals surface area (Å²) < 4.78 is 1.46. The van der Waals surface area contributed by atoms with Crippen molar-refractivity contribution in [2.75, 3.05) is 75.9 Å². The summed E-state index contributed by atoms with van der Waals surface area (Å²) in [5, 5.41) is 6.11. The number of hydrogen-bond donors (Lipinski definition) is 3. The molecule has 2 saturated heterocycles. The van der Waals surface area contributed by atoms with Gasteiger partial charge >= 0.3 is 12.1 Å². The van der Waals surface area contributed by atoms with E-state index in [4.69, 9.17) is 5.73 Å². The number of hydrogen-bond acceptors (Lipinski definition) is 6. The number of para-hydroxylation sites is 1. The lowest BCUT2D eigenvalue weighted by atomic mass is 10.0. The summed E-state index contributed by atoms with van der Waals surface area (Å²) in [4.78, 5) is 50.9. The maximum Gasteiger partial charge on any atom is 0.322 e. The number of unbranched alkanes of at least 4 members (excludes halogenated alkanes) is 1. The van der Waals surface area contributed by atoms with Gasteiger partial charge in [0.05, 0.1) is 5.69 Å². The standard InChI is InChI=1S/C39H50Br2N8O3/c1-45(2)16-6-5-7-27-10-12-30(13-11-27)46-19-21-47(22-20-46)37(50)35(25-28-23-32(40)36(42)33(41)24-28)44-38(51)48-17-14-31(15-18-48)49-26-29-8-3-4-9-34(29)43-39(49)52/h3-4,8-13,23-24,31,35H,5-7,14-22,25-26,42H2,1-2H3,(H,43,52)(H,44,51)/t35-/m0/s1. The Morgan fingerprint density at radius 1 is 0.904 bits per heavy atom. The van der Waals surface area contributed by atoms with E-state index < -0.39 is 6.04 Å². The number of carbonyl (C=O) groups excluding carboxylic acids is 3. The Morgan fingerprint density at radius 2 is 1.58 bits per heavy atom. The number of nitrogens with one attached hydrogen (secondary N) is 2. The Morgan fingerprint density at radius 3 is 2.25 bits per heavy atom. The van der Waals surface area contributed by atoms with Gasteiger partial charge in [0.2, 0.25) is 5.91 Å². The summed E-state index contributed by atoms with van der Waals surface area (Å²) in [5.41, 5.74) is 12.1. The van der Waals surface area contributed by atoms with Crippen molar-refractivity contribution in [3.8, 4) is 0 Å². The van der Waals surface area contributed by atoms with E-state index in [0.717, 1.165) is 51.8 Å². The normalized spacial score (nSPS) is 17.2. The first kappa shape index (κ1) is 37.9. The average molecular weight is 839 g/mol. The van der Waals surface area contributed by atoms with Crippen LogP contribution in [-0.2, 0) is 24.2 Å². The van der Waals surface area contributed by atoms with Gasteiger partial charge in [0, 0.05) is 78.6 Å². The smallest absolute Gasteiger partial charge is 0.322 e. The van der Waals surface area contributed by atoms with Crippen LogP contribution in [0.15, 0.2) is 69.6 Å². The monoisotopic (exact) mass is 836 g/mol. The van der Waals surface area contributed by atoms with Crippen LogP contribution in [0.3, 0.4) is 0 Å². The van der Waals surface area contributed by atoms with Crippen LogP contribution in [0, 0.1) is 0 Å². The first-order valence-corrected chi connectivity index (χ1v) is 19.9. The molecule has 0 aliphatic carbocycles. The van der Waals surface area contributed by atoms with Crippen LogP contribution in [0.1, 0.15) is 42.4 Å². The van der Waals surface area contributed by atoms with Gasteiger partial charge in [-0.3, -0.25) is 4.79 Å². The number of piperidine rings is 1. The van der Waals surface area contributed by atoms with Gasteiger partial charge in [-0.2, -0.15) is 0 Å². The fraction of sp³-hybridized carbons (Fsp3) is 0.462. The number of piperazine rings is 1. The second kappa shape index (κ2) is 17.3. The zero-order valence-electron chi connectivity index (χ0n) is 30.1. The van der Waals surface area contributed by atoms with Crippen molar-refractivity contribution >= 4 is 66.9 Å². The van der Waals surface area contributed by atoms with Crippen molar-refractivity contribution < 1.29 is 14.4 Å². The van der Waals surface area contributed by atoms with Crippen LogP contribution in [0.25, 0.3) is 0 Å². The number of amides is 5. The molecule has 0 aromatic heterocycles.